The van der Waals surface area contributed by atoms with Gasteiger partial charge in [0, 0.05) is 27.7 Å². The lowest BCUT2D eigenvalue weighted by Gasteiger charge is -2.23. The number of anilines is 1. The van der Waals surface area contributed by atoms with Gasteiger partial charge < -0.3 is 4.57 Å². The molecule has 1 amide bonds. The predicted molar refractivity (Wildman–Crippen MR) is 153 cm³/mol. The Kier molecular flexibility index (Phi) is 8.04. The summed E-state index contributed by atoms with van der Waals surface area (Å²) in [5.41, 5.74) is 8.75. The van der Waals surface area contributed by atoms with Crippen molar-refractivity contribution in [1.82, 2.24) is 9.99 Å². The molecule has 0 saturated carbocycles. The molecule has 0 aliphatic heterocycles. The summed E-state index contributed by atoms with van der Waals surface area (Å²) in [4.78, 5) is 12.9. The highest BCUT2D eigenvalue weighted by Crippen LogP contribution is 2.25. The van der Waals surface area contributed by atoms with E-state index in [1.165, 1.54) is 17.7 Å². The number of hydrogen-bond acceptors (Lipinski definition) is 4. The molecule has 0 bridgehead atoms. The summed E-state index contributed by atoms with van der Waals surface area (Å²) in [5, 5.41) is 4.57. The summed E-state index contributed by atoms with van der Waals surface area (Å²) in [7, 11) is -4.02. The van der Waals surface area contributed by atoms with Crippen LogP contribution in [0.3, 0.4) is 0 Å². The lowest BCUT2D eigenvalue weighted by atomic mass is 10.2. The van der Waals surface area contributed by atoms with E-state index in [2.05, 4.69) is 39.4 Å². The summed E-state index contributed by atoms with van der Waals surface area (Å²) in [6.07, 6.45) is 1.56. The van der Waals surface area contributed by atoms with E-state index in [0.29, 0.717) is 10.7 Å². The number of rotatable bonds is 8. The Morgan fingerprint density at radius 1 is 0.921 bits per heavy atom. The molecule has 4 rings (SSSR count). The molecule has 0 fully saturated rings. The van der Waals surface area contributed by atoms with Gasteiger partial charge in [-0.05, 0) is 82.3 Å². The summed E-state index contributed by atoms with van der Waals surface area (Å²) < 4.78 is 30.1. The Hall–Kier alpha value is -3.88. The SMILES string of the molecule is Cc1ccc(-n2c(C)cc(/C=N\NC(=O)CN(c3ccc(Cl)cc3)S(=O)(=O)c3ccc(C)cc3)c2C)cc1. The Labute approximate surface area is 228 Å². The molecule has 0 unspecified atom stereocenters. The van der Waals surface area contributed by atoms with Crippen molar-refractivity contribution in [2.24, 2.45) is 5.10 Å². The number of aryl methyl sites for hydroxylation is 3. The normalized spacial score (nSPS) is 11.6. The van der Waals surface area contributed by atoms with Gasteiger partial charge in [0.2, 0.25) is 0 Å². The number of carbonyl (C=O) groups excluding carboxylic acids is 1. The number of nitrogens with zero attached hydrogens (tertiary/aromatic N) is 3. The molecule has 1 N–H and O–H groups in total. The zero-order chi connectivity index (χ0) is 27.4. The Morgan fingerprint density at radius 2 is 1.50 bits per heavy atom. The van der Waals surface area contributed by atoms with Crippen LogP contribution < -0.4 is 9.73 Å². The number of carbonyl (C=O) groups is 1. The zero-order valence-corrected chi connectivity index (χ0v) is 23.2. The molecule has 0 aliphatic carbocycles. The highest BCUT2D eigenvalue weighted by atomic mass is 35.5. The molecule has 0 radical (unpaired) electrons. The Morgan fingerprint density at radius 3 is 2.11 bits per heavy atom. The molecule has 3 aromatic carbocycles. The molecule has 7 nitrogen and oxygen atoms in total. The number of sulfonamides is 1. The third kappa shape index (κ3) is 5.98. The summed E-state index contributed by atoms with van der Waals surface area (Å²) >= 11 is 6.00. The molecule has 38 heavy (non-hydrogen) atoms. The van der Waals surface area contributed by atoms with Crippen LogP contribution in [0.25, 0.3) is 5.69 Å². The maximum Gasteiger partial charge on any atom is 0.264 e. The number of hydrazone groups is 1. The van der Waals surface area contributed by atoms with Crippen molar-refractivity contribution in [2.45, 2.75) is 32.6 Å². The van der Waals surface area contributed by atoms with Crippen LogP contribution in [0.4, 0.5) is 5.69 Å². The van der Waals surface area contributed by atoms with Crippen molar-refractivity contribution >= 4 is 39.4 Å². The first-order chi connectivity index (χ1) is 18.1. The van der Waals surface area contributed by atoms with Crippen LogP contribution in [0.1, 0.15) is 28.1 Å². The second-order valence-electron chi connectivity index (χ2n) is 9.09. The van der Waals surface area contributed by atoms with Gasteiger partial charge in [0.15, 0.2) is 0 Å². The van der Waals surface area contributed by atoms with E-state index in [-0.39, 0.29) is 4.90 Å². The van der Waals surface area contributed by atoms with Crippen LogP contribution in [0, 0.1) is 27.7 Å². The lowest BCUT2D eigenvalue weighted by molar-refractivity contribution is -0.119. The standard InChI is InChI=1S/C29H29ClN4O3S/c1-20-5-11-27(12-6-20)34-22(3)17-24(23(34)4)18-31-32-29(35)19-33(26-13-9-25(30)10-14-26)38(36,37)28-15-7-21(2)8-16-28/h5-18H,19H2,1-4H3,(H,32,35)/b31-18-. The van der Waals surface area contributed by atoms with Gasteiger partial charge in [-0.25, -0.2) is 13.8 Å². The number of halogens is 1. The maximum absolute atomic E-state index is 13.5. The molecule has 1 heterocycles. The van der Waals surface area contributed by atoms with Crippen molar-refractivity contribution in [2.75, 3.05) is 10.8 Å². The molecule has 0 spiro atoms. The van der Waals surface area contributed by atoms with E-state index in [1.807, 2.05) is 33.8 Å². The first kappa shape index (κ1) is 27.2. The highest BCUT2D eigenvalue weighted by molar-refractivity contribution is 7.92. The average molecular weight is 549 g/mol. The van der Waals surface area contributed by atoms with Gasteiger partial charge in [0.25, 0.3) is 15.9 Å². The van der Waals surface area contributed by atoms with Gasteiger partial charge in [-0.15, -0.1) is 0 Å². The van der Waals surface area contributed by atoms with Crippen LogP contribution in [-0.2, 0) is 14.8 Å². The monoisotopic (exact) mass is 548 g/mol. The Bertz CT molecular complexity index is 1570. The van der Waals surface area contributed by atoms with E-state index < -0.39 is 22.5 Å². The smallest absolute Gasteiger partial charge is 0.264 e. The largest absolute Gasteiger partial charge is 0.318 e. The van der Waals surface area contributed by atoms with Crippen LogP contribution in [-0.4, -0.2) is 31.7 Å². The summed E-state index contributed by atoms with van der Waals surface area (Å²) in [6.45, 7) is 7.43. The fourth-order valence-corrected chi connectivity index (χ4v) is 5.66. The first-order valence-corrected chi connectivity index (χ1v) is 13.8. The molecule has 4 aromatic rings. The van der Waals surface area contributed by atoms with Crippen LogP contribution in [0.15, 0.2) is 88.9 Å². The third-order valence-electron chi connectivity index (χ3n) is 6.17. The van der Waals surface area contributed by atoms with Crippen molar-refractivity contribution < 1.29 is 13.2 Å². The van der Waals surface area contributed by atoms with E-state index in [9.17, 15) is 13.2 Å². The van der Waals surface area contributed by atoms with Crippen molar-refractivity contribution in [1.29, 1.82) is 0 Å². The zero-order valence-electron chi connectivity index (χ0n) is 21.6. The van der Waals surface area contributed by atoms with Gasteiger partial charge >= 0.3 is 0 Å². The number of benzene rings is 3. The number of amides is 1. The van der Waals surface area contributed by atoms with Crippen LogP contribution in [0.5, 0.6) is 0 Å². The van der Waals surface area contributed by atoms with E-state index >= 15 is 0 Å². The first-order valence-electron chi connectivity index (χ1n) is 12.0. The minimum Gasteiger partial charge on any atom is -0.318 e. The second-order valence-corrected chi connectivity index (χ2v) is 11.4. The number of hydrogen-bond donors (Lipinski definition) is 1. The van der Waals surface area contributed by atoms with Gasteiger partial charge in [0.05, 0.1) is 16.8 Å². The maximum atomic E-state index is 13.5. The molecular weight excluding hydrogens is 520 g/mol. The number of aromatic nitrogens is 1. The minimum atomic E-state index is -4.02. The molecular formula is C29H29ClN4O3S. The van der Waals surface area contributed by atoms with Crippen molar-refractivity contribution in [3.8, 4) is 5.69 Å². The average Bonchev–Trinajstić information content (AvgIpc) is 3.16. The molecule has 0 atom stereocenters. The van der Waals surface area contributed by atoms with Gasteiger partial charge in [-0.2, -0.15) is 5.10 Å². The van der Waals surface area contributed by atoms with Crippen LogP contribution in [0.2, 0.25) is 5.02 Å². The second kappa shape index (κ2) is 11.2. The Balaban J connectivity index is 1.54. The van der Waals surface area contributed by atoms with Gasteiger partial charge in [-0.1, -0.05) is 47.0 Å². The molecule has 9 heteroatoms. The summed E-state index contributed by atoms with van der Waals surface area (Å²) in [6, 6.07) is 22.9. The molecule has 196 valence electrons. The topological polar surface area (TPSA) is 83.8 Å². The lowest BCUT2D eigenvalue weighted by Crippen LogP contribution is -2.39. The predicted octanol–water partition coefficient (Wildman–Crippen LogP) is 5.71. The van der Waals surface area contributed by atoms with E-state index in [0.717, 1.165) is 32.5 Å². The fourth-order valence-electron chi connectivity index (χ4n) is 4.11. The van der Waals surface area contributed by atoms with Gasteiger partial charge in [0.1, 0.15) is 6.54 Å². The highest BCUT2D eigenvalue weighted by Gasteiger charge is 2.27. The molecule has 0 saturated heterocycles. The van der Waals surface area contributed by atoms with Crippen molar-refractivity contribution in [3.05, 3.63) is 112 Å². The fraction of sp³-hybridized carbons (Fsp3) is 0.172. The summed E-state index contributed by atoms with van der Waals surface area (Å²) in [5.74, 6) is -0.584. The van der Waals surface area contributed by atoms with E-state index in [1.54, 1.807) is 42.6 Å². The quantitative estimate of drug-likeness (QED) is 0.226. The minimum absolute atomic E-state index is 0.0814. The van der Waals surface area contributed by atoms with E-state index in [4.69, 9.17) is 11.6 Å². The van der Waals surface area contributed by atoms with Crippen LogP contribution >= 0.6 is 11.6 Å². The molecule has 1 aromatic heterocycles. The van der Waals surface area contributed by atoms with Crippen molar-refractivity contribution in [3.63, 3.8) is 0 Å². The molecule has 0 aliphatic rings. The third-order valence-corrected chi connectivity index (χ3v) is 8.21. The number of nitrogens with one attached hydrogen (secondary N) is 1. The van der Waals surface area contributed by atoms with Gasteiger partial charge in [-0.3, -0.25) is 9.10 Å².